The summed E-state index contributed by atoms with van der Waals surface area (Å²) in [6, 6.07) is 0. The van der Waals surface area contributed by atoms with Crippen molar-refractivity contribution in [3.05, 3.63) is 22.7 Å². The Balaban J connectivity index is 2.19. The molecular weight excluding hydrogens is 454 g/mol. The Bertz CT molecular complexity index is 680. The number of nitrogens with one attached hydrogen (secondary N) is 1. The van der Waals surface area contributed by atoms with E-state index in [1.807, 2.05) is 20.8 Å². The Labute approximate surface area is 183 Å². The van der Waals surface area contributed by atoms with Crippen molar-refractivity contribution in [1.29, 1.82) is 0 Å². The third-order valence-electron chi connectivity index (χ3n) is 5.94. The Hall–Kier alpha value is 0.00688. The van der Waals surface area contributed by atoms with E-state index in [1.54, 1.807) is 12.4 Å². The summed E-state index contributed by atoms with van der Waals surface area (Å²) in [5, 5.41) is 0.186. The van der Waals surface area contributed by atoms with Gasteiger partial charge in [-0.15, -0.1) is 4.72 Å². The minimum Gasteiger partial charge on any atom is -0.598 e. The minimum atomic E-state index is -1.81. The second-order valence-corrected chi connectivity index (χ2v) is 18.7. The molecule has 28 heavy (non-hydrogen) atoms. The lowest BCUT2D eigenvalue weighted by atomic mass is 9.58. The Kier molecular flexibility index (Phi) is 6.87. The van der Waals surface area contributed by atoms with Gasteiger partial charge < -0.3 is 8.98 Å². The summed E-state index contributed by atoms with van der Waals surface area (Å²) in [5.74, 6) is 0.707. The molecule has 0 unspecified atom stereocenters. The van der Waals surface area contributed by atoms with Crippen LogP contribution < -0.4 is 4.72 Å². The normalized spacial score (nSPS) is 27.4. The van der Waals surface area contributed by atoms with Crippen LogP contribution in [0.15, 0.2) is 16.9 Å². The zero-order valence-electron chi connectivity index (χ0n) is 18.8. The quantitative estimate of drug-likeness (QED) is 0.432. The Morgan fingerprint density at radius 3 is 2.11 bits per heavy atom. The lowest BCUT2D eigenvalue weighted by Crippen LogP contribution is -2.63. The van der Waals surface area contributed by atoms with Crippen LogP contribution in [-0.4, -0.2) is 34.2 Å². The summed E-state index contributed by atoms with van der Waals surface area (Å²) in [6.07, 6.45) is 5.12. The molecule has 160 valence electrons. The van der Waals surface area contributed by atoms with Gasteiger partial charge >= 0.3 is 0 Å². The number of aromatic nitrogens is 2. The largest absolute Gasteiger partial charge is 0.598 e. The van der Waals surface area contributed by atoms with E-state index in [2.05, 4.69) is 71.4 Å². The smallest absolute Gasteiger partial charge is 0.192 e. The van der Waals surface area contributed by atoms with Gasteiger partial charge in [0.2, 0.25) is 0 Å². The van der Waals surface area contributed by atoms with Gasteiger partial charge in [-0.05, 0) is 73.1 Å². The molecule has 1 aliphatic rings. The molecule has 1 aromatic rings. The molecule has 5 nitrogen and oxygen atoms in total. The molecule has 1 fully saturated rings. The van der Waals surface area contributed by atoms with E-state index < -0.39 is 25.2 Å². The van der Waals surface area contributed by atoms with E-state index in [-0.39, 0.29) is 15.2 Å². The summed E-state index contributed by atoms with van der Waals surface area (Å²) in [4.78, 5) is 9.07. The van der Waals surface area contributed by atoms with Gasteiger partial charge in [0.1, 0.15) is 10.3 Å². The van der Waals surface area contributed by atoms with Crippen molar-refractivity contribution in [2.45, 2.75) is 89.7 Å². The molecule has 1 N–H and O–H groups in total. The molecule has 1 atom stereocenters. The second kappa shape index (κ2) is 7.93. The van der Waals surface area contributed by atoms with E-state index in [0.717, 1.165) is 17.3 Å². The van der Waals surface area contributed by atoms with Crippen molar-refractivity contribution < 1.29 is 8.98 Å². The van der Waals surface area contributed by atoms with Gasteiger partial charge in [0.05, 0.1) is 4.47 Å². The first-order valence-corrected chi connectivity index (χ1v) is 14.7. The summed E-state index contributed by atoms with van der Waals surface area (Å²) in [5.41, 5.74) is -0.467. The highest BCUT2D eigenvalue weighted by Crippen LogP contribution is 2.54. The van der Waals surface area contributed by atoms with Crippen LogP contribution in [0, 0.1) is 5.41 Å². The molecule has 1 saturated carbocycles. The molecule has 0 saturated heterocycles. The summed E-state index contributed by atoms with van der Waals surface area (Å²) in [6.45, 7) is 20.2. The van der Waals surface area contributed by atoms with E-state index in [0.29, 0.717) is 12.4 Å². The van der Waals surface area contributed by atoms with Crippen LogP contribution in [0.25, 0.3) is 0 Å². The molecule has 0 radical (unpaired) electrons. The fraction of sp³-hybridized carbons (Fsp3) is 0.800. The molecule has 2 rings (SSSR count). The Morgan fingerprint density at radius 1 is 1.18 bits per heavy atom. The third-order valence-corrected chi connectivity index (χ3v) is 12.5. The maximum atomic E-state index is 12.9. The van der Waals surface area contributed by atoms with Gasteiger partial charge in [0.25, 0.3) is 0 Å². The van der Waals surface area contributed by atoms with E-state index in [1.165, 1.54) is 0 Å². The molecule has 0 aliphatic heterocycles. The molecule has 0 spiro atoms. The SMILES string of the molecule is CC(C)(C)[S@+]([O-])N[C@]1(c2ncc(Br)cn2)C[C@](C)(CO[Si](C)(C)C(C)(C)C)C1. The lowest BCUT2D eigenvalue weighted by molar-refractivity contribution is -0.0199. The van der Waals surface area contributed by atoms with Gasteiger partial charge in [-0.25, -0.2) is 9.97 Å². The molecular formula is C20H36BrN3O2SSi. The Morgan fingerprint density at radius 2 is 1.68 bits per heavy atom. The van der Waals surface area contributed by atoms with Crippen LogP contribution in [0.1, 0.15) is 67.1 Å². The predicted molar refractivity (Wildman–Crippen MR) is 123 cm³/mol. The van der Waals surface area contributed by atoms with Gasteiger partial charge in [-0.3, -0.25) is 0 Å². The molecule has 0 aromatic carbocycles. The van der Waals surface area contributed by atoms with Crippen LogP contribution in [0.5, 0.6) is 0 Å². The molecule has 1 aromatic heterocycles. The van der Waals surface area contributed by atoms with Crippen molar-refractivity contribution >= 4 is 35.6 Å². The standard InChI is InChI=1S/C20H36BrN3O2SSi/c1-17(2,3)27(25)24-20(16-22-10-15(21)11-23-16)12-19(7,13-20)14-26-28(8,9)18(4,5)6/h10-11,24H,12-14H2,1-9H3/t19-,20+,27-/m0/s1. The zero-order chi connectivity index (χ0) is 21.6. The molecule has 0 bridgehead atoms. The first-order chi connectivity index (χ1) is 12.5. The first kappa shape index (κ1) is 24.3. The predicted octanol–water partition coefficient (Wildman–Crippen LogP) is 5.31. The average Bonchev–Trinajstić information content (AvgIpc) is 2.50. The number of nitrogens with zero attached hydrogens (tertiary/aromatic N) is 2. The summed E-state index contributed by atoms with van der Waals surface area (Å²) in [7, 11) is -1.81. The molecule has 8 heteroatoms. The summed E-state index contributed by atoms with van der Waals surface area (Å²) < 4.78 is 23.3. The minimum absolute atomic E-state index is 0.0149. The van der Waals surface area contributed by atoms with Crippen molar-refractivity contribution in [2.24, 2.45) is 5.41 Å². The van der Waals surface area contributed by atoms with E-state index >= 15 is 0 Å². The van der Waals surface area contributed by atoms with Crippen molar-refractivity contribution in [3.63, 3.8) is 0 Å². The van der Waals surface area contributed by atoms with E-state index in [9.17, 15) is 4.55 Å². The average molecular weight is 491 g/mol. The van der Waals surface area contributed by atoms with Gasteiger partial charge in [-0.2, -0.15) is 0 Å². The fourth-order valence-electron chi connectivity index (χ4n) is 3.24. The van der Waals surface area contributed by atoms with Gasteiger partial charge in [0, 0.05) is 30.4 Å². The lowest BCUT2D eigenvalue weighted by Gasteiger charge is -2.54. The monoisotopic (exact) mass is 489 g/mol. The highest BCUT2D eigenvalue weighted by atomic mass is 79.9. The first-order valence-electron chi connectivity index (χ1n) is 9.82. The van der Waals surface area contributed by atoms with Crippen molar-refractivity contribution in [1.82, 2.24) is 14.7 Å². The van der Waals surface area contributed by atoms with Gasteiger partial charge in [0.15, 0.2) is 14.1 Å². The van der Waals surface area contributed by atoms with Crippen molar-refractivity contribution in [2.75, 3.05) is 6.61 Å². The number of rotatable bonds is 6. The number of hydrogen-bond donors (Lipinski definition) is 1. The van der Waals surface area contributed by atoms with Crippen LogP contribution in [0.2, 0.25) is 18.1 Å². The second-order valence-electron chi connectivity index (χ2n) is 11.0. The van der Waals surface area contributed by atoms with Crippen LogP contribution in [-0.2, 0) is 21.3 Å². The van der Waals surface area contributed by atoms with Crippen LogP contribution in [0.3, 0.4) is 0 Å². The highest BCUT2D eigenvalue weighted by molar-refractivity contribution is 9.10. The summed E-state index contributed by atoms with van der Waals surface area (Å²) >= 11 is 2.20. The maximum Gasteiger partial charge on any atom is 0.192 e. The number of hydrogen-bond acceptors (Lipinski definition) is 5. The van der Waals surface area contributed by atoms with Gasteiger partial charge in [-0.1, -0.05) is 27.7 Å². The maximum absolute atomic E-state index is 12.9. The molecule has 0 amide bonds. The third kappa shape index (κ3) is 5.37. The van der Waals surface area contributed by atoms with E-state index in [4.69, 9.17) is 4.43 Å². The molecule has 1 heterocycles. The topological polar surface area (TPSA) is 70.1 Å². The highest BCUT2D eigenvalue weighted by Gasteiger charge is 2.58. The zero-order valence-corrected chi connectivity index (χ0v) is 22.2. The molecule has 1 aliphatic carbocycles. The number of halogens is 1. The van der Waals surface area contributed by atoms with Crippen LogP contribution in [0.4, 0.5) is 0 Å². The fourth-order valence-corrected chi connectivity index (χ4v) is 5.49. The van der Waals surface area contributed by atoms with Crippen molar-refractivity contribution in [3.8, 4) is 0 Å². The van der Waals surface area contributed by atoms with Crippen LogP contribution >= 0.6 is 15.9 Å².